The van der Waals surface area contributed by atoms with Gasteiger partial charge in [0, 0.05) is 32.7 Å². The number of carbonyl (C=O) groups excluding carboxylic acids is 1. The third-order valence-corrected chi connectivity index (χ3v) is 5.60. The Hall–Kier alpha value is -0.850. The fourth-order valence-corrected chi connectivity index (χ4v) is 3.76. The van der Waals surface area contributed by atoms with Gasteiger partial charge in [-0.2, -0.15) is 0 Å². The number of amides is 1. The normalized spacial score (nSPS) is 20.0. The number of benzene rings is 1. The van der Waals surface area contributed by atoms with Gasteiger partial charge in [-0.15, -0.1) is 24.8 Å². The van der Waals surface area contributed by atoms with Crippen molar-refractivity contribution in [2.75, 3.05) is 19.6 Å². The highest BCUT2D eigenvalue weighted by molar-refractivity contribution is 5.85. The van der Waals surface area contributed by atoms with E-state index in [0.29, 0.717) is 13.1 Å². The zero-order valence-electron chi connectivity index (χ0n) is 17.6. The Labute approximate surface area is 182 Å². The predicted molar refractivity (Wildman–Crippen MR) is 120 cm³/mol. The highest BCUT2D eigenvalue weighted by atomic mass is 35.5. The van der Waals surface area contributed by atoms with Gasteiger partial charge in [0.15, 0.2) is 0 Å². The molecule has 1 fully saturated rings. The topological polar surface area (TPSA) is 67.6 Å². The molecule has 5 nitrogen and oxygen atoms in total. The van der Waals surface area contributed by atoms with E-state index < -0.39 is 5.41 Å². The number of ether oxygens (including phenoxy) is 1. The lowest BCUT2D eigenvalue weighted by Gasteiger charge is -2.35. The van der Waals surface area contributed by atoms with Crippen LogP contribution in [0.1, 0.15) is 51.7 Å². The van der Waals surface area contributed by atoms with Crippen molar-refractivity contribution >= 4 is 30.7 Å². The number of halogens is 2. The van der Waals surface area contributed by atoms with Crippen LogP contribution in [-0.4, -0.2) is 42.6 Å². The second-order valence-corrected chi connectivity index (χ2v) is 7.64. The molecule has 0 bridgehead atoms. The van der Waals surface area contributed by atoms with Crippen LogP contribution >= 0.6 is 24.8 Å². The van der Waals surface area contributed by atoms with Crippen LogP contribution in [0.5, 0.6) is 0 Å². The van der Waals surface area contributed by atoms with Gasteiger partial charge < -0.3 is 15.8 Å². The SMILES string of the molecule is CCC(CC)(CN)C(=O)NCc1ccc(CN2CC(C)OC(C)C2)cc1.Cl.Cl. The number of morpholine rings is 1. The van der Waals surface area contributed by atoms with Crippen LogP contribution in [0.15, 0.2) is 24.3 Å². The quantitative estimate of drug-likeness (QED) is 0.657. The zero-order valence-corrected chi connectivity index (χ0v) is 19.2. The molecule has 1 aliphatic heterocycles. The van der Waals surface area contributed by atoms with E-state index in [1.165, 1.54) is 5.56 Å². The molecule has 162 valence electrons. The summed E-state index contributed by atoms with van der Waals surface area (Å²) in [6.45, 7) is 12.1. The van der Waals surface area contributed by atoms with E-state index in [9.17, 15) is 4.79 Å². The van der Waals surface area contributed by atoms with Crippen LogP contribution in [-0.2, 0) is 22.6 Å². The van der Waals surface area contributed by atoms with Gasteiger partial charge in [0.05, 0.1) is 17.6 Å². The molecule has 0 radical (unpaired) electrons. The molecule has 1 heterocycles. The summed E-state index contributed by atoms with van der Waals surface area (Å²) in [5.74, 6) is 0.0605. The Balaban J connectivity index is 0.00000364. The minimum Gasteiger partial charge on any atom is -0.373 e. The summed E-state index contributed by atoms with van der Waals surface area (Å²) < 4.78 is 5.79. The third kappa shape index (κ3) is 7.20. The summed E-state index contributed by atoms with van der Waals surface area (Å²) in [6, 6.07) is 8.51. The van der Waals surface area contributed by atoms with E-state index in [-0.39, 0.29) is 42.9 Å². The molecule has 1 aromatic rings. The molecule has 1 aliphatic rings. The van der Waals surface area contributed by atoms with Crippen LogP contribution < -0.4 is 11.1 Å². The molecule has 28 heavy (non-hydrogen) atoms. The molecule has 1 aromatic carbocycles. The first kappa shape index (κ1) is 27.1. The van der Waals surface area contributed by atoms with Gasteiger partial charge in [-0.05, 0) is 37.8 Å². The highest BCUT2D eigenvalue weighted by Gasteiger charge is 2.32. The Kier molecular flexibility index (Phi) is 12.3. The highest BCUT2D eigenvalue weighted by Crippen LogP contribution is 2.25. The Morgan fingerprint density at radius 2 is 1.61 bits per heavy atom. The first-order valence-electron chi connectivity index (χ1n) is 9.86. The van der Waals surface area contributed by atoms with Crippen LogP contribution in [0, 0.1) is 5.41 Å². The average molecular weight is 434 g/mol. The van der Waals surface area contributed by atoms with Crippen molar-refractivity contribution in [1.82, 2.24) is 10.2 Å². The van der Waals surface area contributed by atoms with E-state index >= 15 is 0 Å². The van der Waals surface area contributed by atoms with E-state index in [2.05, 4.69) is 48.3 Å². The standard InChI is InChI=1S/C21H35N3O2.2ClH/c1-5-21(6-2,15-22)20(25)23-11-18-7-9-19(10-8-18)14-24-12-16(3)26-17(4)13-24;;/h7-10,16-17H,5-6,11-15,22H2,1-4H3,(H,23,25);2*1H. The smallest absolute Gasteiger partial charge is 0.227 e. The summed E-state index contributed by atoms with van der Waals surface area (Å²) in [7, 11) is 0. The van der Waals surface area contributed by atoms with Gasteiger partial charge in [-0.25, -0.2) is 0 Å². The second-order valence-electron chi connectivity index (χ2n) is 7.64. The zero-order chi connectivity index (χ0) is 19.2. The Morgan fingerprint density at radius 3 is 2.07 bits per heavy atom. The van der Waals surface area contributed by atoms with E-state index in [4.69, 9.17) is 10.5 Å². The lowest BCUT2D eigenvalue weighted by Crippen LogP contribution is -2.45. The average Bonchev–Trinajstić information content (AvgIpc) is 2.62. The molecule has 2 unspecified atom stereocenters. The molecule has 1 saturated heterocycles. The Morgan fingerprint density at radius 1 is 1.11 bits per heavy atom. The number of hydrogen-bond donors (Lipinski definition) is 2. The van der Waals surface area contributed by atoms with Gasteiger partial charge in [0.25, 0.3) is 0 Å². The number of carbonyl (C=O) groups is 1. The largest absolute Gasteiger partial charge is 0.373 e. The van der Waals surface area contributed by atoms with Crippen LogP contribution in [0.4, 0.5) is 0 Å². The van der Waals surface area contributed by atoms with Crippen molar-refractivity contribution in [3.63, 3.8) is 0 Å². The van der Waals surface area contributed by atoms with Crippen molar-refractivity contribution in [3.8, 4) is 0 Å². The summed E-state index contributed by atoms with van der Waals surface area (Å²) >= 11 is 0. The molecule has 0 spiro atoms. The first-order valence-corrected chi connectivity index (χ1v) is 9.86. The van der Waals surface area contributed by atoms with Crippen molar-refractivity contribution in [1.29, 1.82) is 0 Å². The van der Waals surface area contributed by atoms with E-state index in [1.54, 1.807) is 0 Å². The predicted octanol–water partition coefficient (Wildman–Crippen LogP) is 3.52. The molecular formula is C21H37Cl2N3O2. The summed E-state index contributed by atoms with van der Waals surface area (Å²) in [5.41, 5.74) is 7.82. The number of rotatable bonds is 8. The number of hydrogen-bond acceptors (Lipinski definition) is 4. The van der Waals surface area contributed by atoms with Gasteiger partial charge in [-0.3, -0.25) is 9.69 Å². The van der Waals surface area contributed by atoms with Gasteiger partial charge >= 0.3 is 0 Å². The summed E-state index contributed by atoms with van der Waals surface area (Å²) in [4.78, 5) is 15.0. The molecule has 2 rings (SSSR count). The minimum absolute atomic E-state index is 0. The molecule has 0 aromatic heterocycles. The molecule has 1 amide bonds. The number of nitrogens with one attached hydrogen (secondary N) is 1. The van der Waals surface area contributed by atoms with Crippen molar-refractivity contribution in [2.24, 2.45) is 11.1 Å². The Bertz CT molecular complexity index is 561. The fourth-order valence-electron chi connectivity index (χ4n) is 3.76. The number of nitrogens with two attached hydrogens (primary N) is 1. The van der Waals surface area contributed by atoms with E-state index in [1.807, 2.05) is 13.8 Å². The molecular weight excluding hydrogens is 397 g/mol. The second kappa shape index (κ2) is 12.7. The van der Waals surface area contributed by atoms with Crippen LogP contribution in [0.3, 0.4) is 0 Å². The van der Waals surface area contributed by atoms with Crippen molar-refractivity contribution < 1.29 is 9.53 Å². The third-order valence-electron chi connectivity index (χ3n) is 5.60. The fraction of sp³-hybridized carbons (Fsp3) is 0.667. The van der Waals surface area contributed by atoms with Crippen molar-refractivity contribution in [2.45, 2.75) is 65.8 Å². The maximum Gasteiger partial charge on any atom is 0.227 e. The van der Waals surface area contributed by atoms with Gasteiger partial charge in [-0.1, -0.05) is 38.1 Å². The molecule has 7 heteroatoms. The monoisotopic (exact) mass is 433 g/mol. The summed E-state index contributed by atoms with van der Waals surface area (Å²) in [5, 5.41) is 3.06. The van der Waals surface area contributed by atoms with Crippen LogP contribution in [0.2, 0.25) is 0 Å². The lowest BCUT2D eigenvalue weighted by molar-refractivity contribution is -0.131. The molecule has 3 N–H and O–H groups in total. The van der Waals surface area contributed by atoms with Crippen LogP contribution in [0.25, 0.3) is 0 Å². The van der Waals surface area contributed by atoms with E-state index in [0.717, 1.165) is 38.0 Å². The van der Waals surface area contributed by atoms with Gasteiger partial charge in [0.2, 0.25) is 5.91 Å². The lowest BCUT2D eigenvalue weighted by atomic mass is 9.81. The van der Waals surface area contributed by atoms with Crippen molar-refractivity contribution in [3.05, 3.63) is 35.4 Å². The molecule has 2 atom stereocenters. The first-order chi connectivity index (χ1) is 12.4. The number of nitrogens with zero attached hydrogens (tertiary/aromatic N) is 1. The maximum atomic E-state index is 12.5. The summed E-state index contributed by atoms with van der Waals surface area (Å²) in [6.07, 6.45) is 2.10. The molecule has 0 saturated carbocycles. The molecule has 0 aliphatic carbocycles. The van der Waals surface area contributed by atoms with Gasteiger partial charge in [0.1, 0.15) is 0 Å². The minimum atomic E-state index is -0.441. The maximum absolute atomic E-state index is 12.5.